The van der Waals surface area contributed by atoms with E-state index in [4.69, 9.17) is 5.73 Å². The minimum Gasteiger partial charge on any atom is -0.478 e. The van der Waals surface area contributed by atoms with Crippen molar-refractivity contribution in [2.75, 3.05) is 28.7 Å². The van der Waals surface area contributed by atoms with Gasteiger partial charge in [0.2, 0.25) is 0 Å². The third kappa shape index (κ3) is 2.81. The molecule has 6 nitrogen and oxygen atoms in total. The van der Waals surface area contributed by atoms with E-state index >= 15 is 0 Å². The van der Waals surface area contributed by atoms with Crippen LogP contribution in [0.25, 0.3) is 0 Å². The molecule has 7 heteroatoms. The van der Waals surface area contributed by atoms with Crippen LogP contribution >= 0.6 is 0 Å². The number of sulfone groups is 1. The van der Waals surface area contributed by atoms with Crippen molar-refractivity contribution >= 4 is 27.2 Å². The Hall–Kier alpha value is -1.76. The molecule has 0 saturated carbocycles. The summed E-state index contributed by atoms with van der Waals surface area (Å²) in [6.07, 6.45) is 0. The van der Waals surface area contributed by atoms with E-state index in [2.05, 4.69) is 0 Å². The van der Waals surface area contributed by atoms with E-state index in [1.165, 1.54) is 6.07 Å². The van der Waals surface area contributed by atoms with Gasteiger partial charge in [0.25, 0.3) is 0 Å². The lowest BCUT2D eigenvalue weighted by Crippen LogP contribution is -2.47. The van der Waals surface area contributed by atoms with E-state index in [1.54, 1.807) is 19.1 Å². The molecule has 1 saturated heterocycles. The molecule has 104 valence electrons. The second-order valence-electron chi connectivity index (χ2n) is 4.74. The van der Waals surface area contributed by atoms with Gasteiger partial charge in [0.1, 0.15) is 0 Å². The predicted molar refractivity (Wildman–Crippen MR) is 73.3 cm³/mol. The summed E-state index contributed by atoms with van der Waals surface area (Å²) in [5.74, 6) is -0.986. The van der Waals surface area contributed by atoms with Crippen LogP contribution in [0.3, 0.4) is 0 Å². The van der Waals surface area contributed by atoms with Gasteiger partial charge >= 0.3 is 5.97 Å². The van der Waals surface area contributed by atoms with Gasteiger partial charge in [-0.05, 0) is 25.1 Å². The van der Waals surface area contributed by atoms with Gasteiger partial charge in [-0.2, -0.15) is 0 Å². The molecule has 1 aliphatic heterocycles. The minimum absolute atomic E-state index is 0.0381. The molecule has 1 aliphatic rings. The van der Waals surface area contributed by atoms with Crippen molar-refractivity contribution < 1.29 is 18.3 Å². The lowest BCUT2D eigenvalue weighted by atomic mass is 10.1. The average Bonchev–Trinajstić information content (AvgIpc) is 2.28. The largest absolute Gasteiger partial charge is 0.478 e. The van der Waals surface area contributed by atoms with Crippen LogP contribution in [-0.4, -0.2) is 43.6 Å². The Balaban J connectivity index is 2.40. The number of carboxylic acids is 1. The molecule has 1 aromatic rings. The first-order valence-corrected chi connectivity index (χ1v) is 7.72. The number of nitrogens with two attached hydrogens (primary N) is 1. The van der Waals surface area contributed by atoms with Crippen molar-refractivity contribution in [1.82, 2.24) is 0 Å². The lowest BCUT2D eigenvalue weighted by molar-refractivity contribution is 0.0697. The zero-order valence-electron chi connectivity index (χ0n) is 10.5. The number of aromatic carboxylic acids is 1. The highest BCUT2D eigenvalue weighted by Crippen LogP contribution is 2.27. The number of benzene rings is 1. The molecular formula is C12H16N2O4S. The quantitative estimate of drug-likeness (QED) is 0.771. The molecule has 0 aromatic heterocycles. The molecule has 1 atom stereocenters. The standard InChI is InChI=1S/C12H16N2O4S/c1-8-7-19(17,18)5-4-14(8)11-3-2-9(13)6-10(11)12(15)16/h2-3,6,8H,4-5,7,13H2,1H3,(H,15,16). The fraction of sp³-hybridized carbons (Fsp3) is 0.417. The maximum atomic E-state index is 11.5. The number of hydrogen-bond donors (Lipinski definition) is 2. The van der Waals surface area contributed by atoms with Crippen LogP contribution in [0.5, 0.6) is 0 Å². The third-order valence-electron chi connectivity index (χ3n) is 3.23. The Morgan fingerprint density at radius 3 is 2.74 bits per heavy atom. The Kier molecular flexibility index (Phi) is 3.40. The molecule has 2 rings (SSSR count). The van der Waals surface area contributed by atoms with Crippen LogP contribution in [0.4, 0.5) is 11.4 Å². The number of hydrogen-bond acceptors (Lipinski definition) is 5. The highest BCUT2D eigenvalue weighted by Gasteiger charge is 2.30. The maximum absolute atomic E-state index is 11.5. The lowest BCUT2D eigenvalue weighted by Gasteiger charge is -2.35. The van der Waals surface area contributed by atoms with Gasteiger partial charge in [0.05, 0.1) is 22.8 Å². The molecule has 1 fully saturated rings. The second kappa shape index (κ2) is 4.73. The molecule has 1 heterocycles. The Labute approximate surface area is 111 Å². The topological polar surface area (TPSA) is 101 Å². The Morgan fingerprint density at radius 2 is 2.16 bits per heavy atom. The van der Waals surface area contributed by atoms with Crippen LogP contribution in [0.15, 0.2) is 18.2 Å². The molecule has 19 heavy (non-hydrogen) atoms. The summed E-state index contributed by atoms with van der Waals surface area (Å²) in [6, 6.07) is 4.40. The maximum Gasteiger partial charge on any atom is 0.337 e. The Bertz CT molecular complexity index is 612. The third-order valence-corrected chi connectivity index (χ3v) is 5.03. The van der Waals surface area contributed by atoms with Crippen molar-refractivity contribution in [3.8, 4) is 0 Å². The SMILES string of the molecule is CC1CS(=O)(=O)CCN1c1ccc(N)cc1C(=O)O. The first-order valence-electron chi connectivity index (χ1n) is 5.90. The summed E-state index contributed by atoms with van der Waals surface area (Å²) >= 11 is 0. The van der Waals surface area contributed by atoms with E-state index in [-0.39, 0.29) is 23.1 Å². The van der Waals surface area contributed by atoms with E-state index in [1.807, 2.05) is 4.90 Å². The fourth-order valence-electron chi connectivity index (χ4n) is 2.33. The fourth-order valence-corrected chi connectivity index (χ4v) is 3.89. The van der Waals surface area contributed by atoms with E-state index in [9.17, 15) is 18.3 Å². The number of carbonyl (C=O) groups is 1. The van der Waals surface area contributed by atoms with Crippen LogP contribution in [-0.2, 0) is 9.84 Å². The summed E-state index contributed by atoms with van der Waals surface area (Å²) in [7, 11) is -3.03. The van der Waals surface area contributed by atoms with Gasteiger partial charge in [-0.25, -0.2) is 13.2 Å². The zero-order valence-corrected chi connectivity index (χ0v) is 11.4. The monoisotopic (exact) mass is 284 g/mol. The molecule has 0 spiro atoms. The van der Waals surface area contributed by atoms with Gasteiger partial charge in [0, 0.05) is 18.3 Å². The van der Waals surface area contributed by atoms with Crippen molar-refractivity contribution in [3.63, 3.8) is 0 Å². The van der Waals surface area contributed by atoms with Gasteiger partial charge < -0.3 is 15.7 Å². The molecule has 1 unspecified atom stereocenters. The number of carboxylic acid groups (broad SMARTS) is 1. The number of nitrogen functional groups attached to an aromatic ring is 1. The van der Waals surface area contributed by atoms with E-state index in [0.717, 1.165) is 0 Å². The minimum atomic E-state index is -3.03. The summed E-state index contributed by atoms with van der Waals surface area (Å²) in [4.78, 5) is 13.1. The van der Waals surface area contributed by atoms with Crippen molar-refractivity contribution in [2.24, 2.45) is 0 Å². The van der Waals surface area contributed by atoms with Crippen molar-refractivity contribution in [2.45, 2.75) is 13.0 Å². The molecule has 0 radical (unpaired) electrons. The summed E-state index contributed by atoms with van der Waals surface area (Å²) in [5, 5.41) is 9.21. The highest BCUT2D eigenvalue weighted by atomic mass is 32.2. The highest BCUT2D eigenvalue weighted by molar-refractivity contribution is 7.91. The molecule has 0 aliphatic carbocycles. The van der Waals surface area contributed by atoms with Crippen LogP contribution < -0.4 is 10.6 Å². The smallest absolute Gasteiger partial charge is 0.337 e. The number of anilines is 2. The van der Waals surface area contributed by atoms with E-state index < -0.39 is 15.8 Å². The van der Waals surface area contributed by atoms with Gasteiger partial charge in [-0.3, -0.25) is 0 Å². The van der Waals surface area contributed by atoms with Crippen molar-refractivity contribution in [1.29, 1.82) is 0 Å². The summed E-state index contributed by atoms with van der Waals surface area (Å²) < 4.78 is 23.1. The zero-order chi connectivity index (χ0) is 14.2. The number of rotatable bonds is 2. The number of nitrogens with zero attached hydrogens (tertiary/aromatic N) is 1. The first kappa shape index (κ1) is 13.7. The van der Waals surface area contributed by atoms with Crippen LogP contribution in [0.2, 0.25) is 0 Å². The van der Waals surface area contributed by atoms with Crippen LogP contribution in [0, 0.1) is 0 Å². The average molecular weight is 284 g/mol. The van der Waals surface area contributed by atoms with Gasteiger partial charge in [-0.15, -0.1) is 0 Å². The molecule has 1 aromatic carbocycles. The first-order chi connectivity index (χ1) is 8.80. The van der Waals surface area contributed by atoms with Gasteiger partial charge in [-0.1, -0.05) is 0 Å². The van der Waals surface area contributed by atoms with Gasteiger partial charge in [0.15, 0.2) is 9.84 Å². The molecule has 0 bridgehead atoms. The molecular weight excluding hydrogens is 268 g/mol. The Morgan fingerprint density at radius 1 is 1.47 bits per heavy atom. The molecule has 3 N–H and O–H groups in total. The normalized spacial score (nSPS) is 22.2. The molecule has 0 amide bonds. The predicted octanol–water partition coefficient (Wildman–Crippen LogP) is 0.590. The van der Waals surface area contributed by atoms with Crippen LogP contribution in [0.1, 0.15) is 17.3 Å². The van der Waals surface area contributed by atoms with E-state index in [0.29, 0.717) is 17.9 Å². The van der Waals surface area contributed by atoms with Crippen molar-refractivity contribution in [3.05, 3.63) is 23.8 Å². The summed E-state index contributed by atoms with van der Waals surface area (Å²) in [5.41, 5.74) is 6.59. The second-order valence-corrected chi connectivity index (χ2v) is 6.97. The summed E-state index contributed by atoms with van der Waals surface area (Å²) in [6.45, 7) is 2.08.